The maximum Gasteiger partial charge on any atom is 0.123 e. The van der Waals surface area contributed by atoms with Gasteiger partial charge in [0, 0.05) is 25.1 Å². The standard InChI is InChI=1S/C13H15FN2O/c14-12-2-1-10(6-15)11(5-12)7-16-8-13(9-17)3-4-13/h1-2,5,16-17H,3-4,7-9H2. The van der Waals surface area contributed by atoms with Crippen molar-refractivity contribution in [3.8, 4) is 6.07 Å². The molecule has 1 fully saturated rings. The lowest BCUT2D eigenvalue weighted by Crippen LogP contribution is -2.26. The number of aliphatic hydroxyl groups is 1. The van der Waals surface area contributed by atoms with Gasteiger partial charge in [0.1, 0.15) is 5.82 Å². The SMILES string of the molecule is N#Cc1ccc(F)cc1CNCC1(CO)CC1. The van der Waals surface area contributed by atoms with Crippen molar-refractivity contribution in [2.75, 3.05) is 13.2 Å². The van der Waals surface area contributed by atoms with E-state index in [9.17, 15) is 4.39 Å². The van der Waals surface area contributed by atoms with Crippen LogP contribution in [0, 0.1) is 22.6 Å². The molecule has 2 N–H and O–H groups in total. The fourth-order valence-corrected chi connectivity index (χ4v) is 1.85. The molecular formula is C13H15FN2O. The zero-order chi connectivity index (χ0) is 12.3. The molecule has 90 valence electrons. The number of nitrogens with zero attached hydrogens (tertiary/aromatic N) is 1. The topological polar surface area (TPSA) is 56.0 Å². The van der Waals surface area contributed by atoms with Gasteiger partial charge in [0.2, 0.25) is 0 Å². The first kappa shape index (κ1) is 12.0. The van der Waals surface area contributed by atoms with Crippen molar-refractivity contribution in [1.82, 2.24) is 5.32 Å². The Morgan fingerprint density at radius 2 is 2.24 bits per heavy atom. The molecule has 0 aromatic heterocycles. The Morgan fingerprint density at radius 3 is 2.82 bits per heavy atom. The Labute approximate surface area is 99.9 Å². The van der Waals surface area contributed by atoms with Gasteiger partial charge in [0.25, 0.3) is 0 Å². The minimum atomic E-state index is -0.330. The van der Waals surface area contributed by atoms with Crippen LogP contribution in [0.25, 0.3) is 0 Å². The van der Waals surface area contributed by atoms with Crippen LogP contribution in [-0.2, 0) is 6.54 Å². The van der Waals surface area contributed by atoms with Crippen LogP contribution in [0.5, 0.6) is 0 Å². The summed E-state index contributed by atoms with van der Waals surface area (Å²) in [5.41, 5.74) is 1.19. The van der Waals surface area contributed by atoms with Crippen molar-refractivity contribution in [3.63, 3.8) is 0 Å². The first-order chi connectivity index (χ1) is 8.19. The van der Waals surface area contributed by atoms with Crippen LogP contribution in [0.15, 0.2) is 18.2 Å². The summed E-state index contributed by atoms with van der Waals surface area (Å²) in [5, 5.41) is 21.2. The fourth-order valence-electron chi connectivity index (χ4n) is 1.85. The summed E-state index contributed by atoms with van der Waals surface area (Å²) >= 11 is 0. The Bertz CT molecular complexity index is 449. The van der Waals surface area contributed by atoms with Crippen LogP contribution in [0.2, 0.25) is 0 Å². The van der Waals surface area contributed by atoms with Gasteiger partial charge in [0.05, 0.1) is 11.6 Å². The van der Waals surface area contributed by atoms with Crippen molar-refractivity contribution >= 4 is 0 Å². The molecule has 17 heavy (non-hydrogen) atoms. The fraction of sp³-hybridized carbons (Fsp3) is 0.462. The van der Waals surface area contributed by atoms with Crippen LogP contribution in [-0.4, -0.2) is 18.3 Å². The summed E-state index contributed by atoms with van der Waals surface area (Å²) in [5.74, 6) is -0.330. The van der Waals surface area contributed by atoms with Crippen molar-refractivity contribution < 1.29 is 9.50 Å². The van der Waals surface area contributed by atoms with Gasteiger partial charge in [-0.2, -0.15) is 5.26 Å². The maximum atomic E-state index is 13.0. The third kappa shape index (κ3) is 2.82. The molecular weight excluding hydrogens is 219 g/mol. The lowest BCUT2D eigenvalue weighted by atomic mass is 10.1. The maximum absolute atomic E-state index is 13.0. The van der Waals surface area contributed by atoms with E-state index in [1.54, 1.807) is 0 Å². The Kier molecular flexibility index (Phi) is 3.41. The Morgan fingerprint density at radius 1 is 1.47 bits per heavy atom. The Hall–Kier alpha value is -1.44. The molecule has 0 aliphatic heterocycles. The molecule has 2 rings (SSSR count). The number of nitriles is 1. The highest BCUT2D eigenvalue weighted by molar-refractivity contribution is 5.37. The van der Waals surface area contributed by atoms with E-state index in [0.717, 1.165) is 12.8 Å². The first-order valence-electron chi connectivity index (χ1n) is 5.69. The first-order valence-corrected chi connectivity index (χ1v) is 5.69. The van der Waals surface area contributed by atoms with Gasteiger partial charge in [-0.25, -0.2) is 4.39 Å². The molecule has 0 unspecified atom stereocenters. The zero-order valence-electron chi connectivity index (χ0n) is 9.54. The highest BCUT2D eigenvalue weighted by Gasteiger charge is 2.41. The smallest absolute Gasteiger partial charge is 0.123 e. The van der Waals surface area contributed by atoms with Gasteiger partial charge < -0.3 is 10.4 Å². The number of hydrogen-bond acceptors (Lipinski definition) is 3. The number of rotatable bonds is 5. The molecule has 0 amide bonds. The van der Waals surface area contributed by atoms with E-state index in [0.29, 0.717) is 24.2 Å². The molecule has 1 aliphatic carbocycles. The zero-order valence-corrected chi connectivity index (χ0v) is 9.54. The molecule has 3 nitrogen and oxygen atoms in total. The van der Waals surface area contributed by atoms with Gasteiger partial charge in [-0.1, -0.05) is 0 Å². The summed E-state index contributed by atoms with van der Waals surface area (Å²) in [4.78, 5) is 0. The number of hydrogen-bond donors (Lipinski definition) is 2. The summed E-state index contributed by atoms with van der Waals surface area (Å²) < 4.78 is 13.0. The highest BCUT2D eigenvalue weighted by Crippen LogP contribution is 2.44. The van der Waals surface area contributed by atoms with Gasteiger partial charge >= 0.3 is 0 Å². The second-order valence-electron chi connectivity index (χ2n) is 4.67. The molecule has 0 bridgehead atoms. The number of nitrogens with one attached hydrogen (secondary N) is 1. The highest BCUT2D eigenvalue weighted by atomic mass is 19.1. The normalized spacial score (nSPS) is 16.5. The molecule has 0 atom stereocenters. The second-order valence-corrected chi connectivity index (χ2v) is 4.67. The predicted molar refractivity (Wildman–Crippen MR) is 61.6 cm³/mol. The number of halogens is 1. The Balaban J connectivity index is 1.94. The van der Waals surface area contributed by atoms with Crippen molar-refractivity contribution in [2.24, 2.45) is 5.41 Å². The molecule has 0 heterocycles. The van der Waals surface area contributed by atoms with Gasteiger partial charge in [0.15, 0.2) is 0 Å². The molecule has 4 heteroatoms. The van der Waals surface area contributed by atoms with E-state index in [2.05, 4.69) is 5.32 Å². The molecule has 1 saturated carbocycles. The van der Waals surface area contributed by atoms with Crippen LogP contribution in [0.1, 0.15) is 24.0 Å². The van der Waals surface area contributed by atoms with E-state index in [1.807, 2.05) is 6.07 Å². The van der Waals surface area contributed by atoms with E-state index in [4.69, 9.17) is 10.4 Å². The van der Waals surface area contributed by atoms with Crippen molar-refractivity contribution in [1.29, 1.82) is 5.26 Å². The van der Waals surface area contributed by atoms with E-state index in [1.165, 1.54) is 18.2 Å². The van der Waals surface area contributed by atoms with E-state index >= 15 is 0 Å². The molecule has 1 aromatic carbocycles. The van der Waals surface area contributed by atoms with E-state index in [-0.39, 0.29) is 17.8 Å². The third-order valence-corrected chi connectivity index (χ3v) is 3.30. The van der Waals surface area contributed by atoms with Crippen LogP contribution in [0.4, 0.5) is 4.39 Å². The average Bonchev–Trinajstić information content (AvgIpc) is 3.10. The van der Waals surface area contributed by atoms with Crippen LogP contribution in [0.3, 0.4) is 0 Å². The lowest BCUT2D eigenvalue weighted by Gasteiger charge is -2.13. The molecule has 0 radical (unpaired) electrons. The third-order valence-electron chi connectivity index (χ3n) is 3.30. The number of aliphatic hydroxyl groups excluding tert-OH is 1. The summed E-state index contributed by atoms with van der Waals surface area (Å²) in [7, 11) is 0. The number of benzene rings is 1. The second kappa shape index (κ2) is 4.82. The summed E-state index contributed by atoms with van der Waals surface area (Å²) in [6, 6.07) is 6.20. The van der Waals surface area contributed by atoms with E-state index < -0.39 is 0 Å². The molecule has 1 aliphatic rings. The predicted octanol–water partition coefficient (Wildman–Crippen LogP) is 1.56. The van der Waals surface area contributed by atoms with Crippen LogP contribution < -0.4 is 5.32 Å². The van der Waals surface area contributed by atoms with Gasteiger partial charge in [-0.05, 0) is 36.6 Å². The molecule has 0 saturated heterocycles. The lowest BCUT2D eigenvalue weighted by molar-refractivity contribution is 0.207. The minimum Gasteiger partial charge on any atom is -0.396 e. The van der Waals surface area contributed by atoms with Crippen molar-refractivity contribution in [3.05, 3.63) is 35.1 Å². The summed E-state index contributed by atoms with van der Waals surface area (Å²) in [6.07, 6.45) is 2.06. The quantitative estimate of drug-likeness (QED) is 0.813. The largest absolute Gasteiger partial charge is 0.396 e. The van der Waals surface area contributed by atoms with Crippen LogP contribution >= 0.6 is 0 Å². The van der Waals surface area contributed by atoms with Gasteiger partial charge in [-0.15, -0.1) is 0 Å². The molecule has 0 spiro atoms. The monoisotopic (exact) mass is 234 g/mol. The molecule has 1 aromatic rings. The summed E-state index contributed by atoms with van der Waals surface area (Å²) in [6.45, 7) is 1.36. The van der Waals surface area contributed by atoms with Gasteiger partial charge in [-0.3, -0.25) is 0 Å². The van der Waals surface area contributed by atoms with Crippen molar-refractivity contribution in [2.45, 2.75) is 19.4 Å². The average molecular weight is 234 g/mol. The minimum absolute atomic E-state index is 0.0279.